The number of hydrogen-bond acceptors (Lipinski definition) is 3. The summed E-state index contributed by atoms with van der Waals surface area (Å²) in [6.45, 7) is 9.53. The van der Waals surface area contributed by atoms with Gasteiger partial charge in [-0.25, -0.2) is 0 Å². The average molecular weight is 392 g/mol. The highest BCUT2D eigenvalue weighted by molar-refractivity contribution is 6.10. The van der Waals surface area contributed by atoms with Crippen molar-refractivity contribution in [3.05, 3.63) is 71.8 Å². The molecule has 0 saturated heterocycles. The zero-order valence-electron chi connectivity index (χ0n) is 18.0. The summed E-state index contributed by atoms with van der Waals surface area (Å²) in [6, 6.07) is 17.8. The van der Waals surface area contributed by atoms with Crippen LogP contribution in [0.4, 0.5) is 5.69 Å². The van der Waals surface area contributed by atoms with Crippen LogP contribution in [0.25, 0.3) is 5.70 Å². The molecule has 1 heterocycles. The van der Waals surface area contributed by atoms with E-state index < -0.39 is 10.8 Å². The van der Waals surface area contributed by atoms with Crippen LogP contribution in [0.5, 0.6) is 0 Å². The summed E-state index contributed by atoms with van der Waals surface area (Å²) >= 11 is 0. The normalized spacial score (nSPS) is 19.0. The lowest BCUT2D eigenvalue weighted by Gasteiger charge is -2.47. The monoisotopic (exact) mass is 391 g/mol. The predicted molar refractivity (Wildman–Crippen MR) is 116 cm³/mol. The lowest BCUT2D eigenvalue weighted by Crippen LogP contribution is -2.53. The first-order valence-electron chi connectivity index (χ1n) is 9.87. The van der Waals surface area contributed by atoms with Gasteiger partial charge in [0.05, 0.1) is 23.6 Å². The van der Waals surface area contributed by atoms with Crippen LogP contribution >= 0.6 is 0 Å². The molecule has 0 bridgehead atoms. The fourth-order valence-electron chi connectivity index (χ4n) is 4.26. The first kappa shape index (κ1) is 20.8. The first-order chi connectivity index (χ1) is 13.6. The van der Waals surface area contributed by atoms with Gasteiger partial charge in [0.25, 0.3) is 0 Å². The Morgan fingerprint density at radius 2 is 1.62 bits per heavy atom. The fourth-order valence-corrected chi connectivity index (χ4v) is 4.26. The number of hydrogen-bond donors (Lipinski definition) is 0. The van der Waals surface area contributed by atoms with Gasteiger partial charge < -0.3 is 4.74 Å². The second-order valence-electron chi connectivity index (χ2n) is 8.81. The molecule has 0 fully saturated rings. The van der Waals surface area contributed by atoms with Crippen LogP contribution in [0.2, 0.25) is 0 Å². The van der Waals surface area contributed by atoms with Gasteiger partial charge in [-0.2, -0.15) is 0 Å². The predicted octanol–water partition coefficient (Wildman–Crippen LogP) is 5.22. The van der Waals surface area contributed by atoms with Gasteiger partial charge >= 0.3 is 5.97 Å². The van der Waals surface area contributed by atoms with Crippen LogP contribution in [0.1, 0.15) is 38.8 Å². The van der Waals surface area contributed by atoms with E-state index in [2.05, 4.69) is 6.08 Å². The van der Waals surface area contributed by atoms with Crippen molar-refractivity contribution in [3.8, 4) is 0 Å². The van der Waals surface area contributed by atoms with Crippen LogP contribution in [0.15, 0.2) is 60.7 Å². The van der Waals surface area contributed by atoms with Gasteiger partial charge in [0.2, 0.25) is 5.91 Å². The molecular weight excluding hydrogens is 362 g/mol. The molecule has 0 saturated carbocycles. The third-order valence-corrected chi connectivity index (χ3v) is 5.95. The highest BCUT2D eigenvalue weighted by Crippen LogP contribution is 2.49. The topological polar surface area (TPSA) is 46.6 Å². The lowest BCUT2D eigenvalue weighted by molar-refractivity contribution is -0.156. The van der Waals surface area contributed by atoms with Crippen molar-refractivity contribution in [2.75, 3.05) is 12.0 Å². The molecule has 1 unspecified atom stereocenters. The minimum Gasteiger partial charge on any atom is -0.469 e. The maximum absolute atomic E-state index is 13.8. The molecule has 2 aromatic carbocycles. The summed E-state index contributed by atoms with van der Waals surface area (Å²) < 4.78 is 5.07. The third kappa shape index (κ3) is 3.59. The van der Waals surface area contributed by atoms with Crippen LogP contribution < -0.4 is 4.90 Å². The molecule has 0 aliphatic carbocycles. The summed E-state index contributed by atoms with van der Waals surface area (Å²) in [4.78, 5) is 28.2. The summed E-state index contributed by atoms with van der Waals surface area (Å²) in [5.41, 5.74) is 2.03. The number of amides is 1. The Labute approximate surface area is 173 Å². The van der Waals surface area contributed by atoms with E-state index in [-0.39, 0.29) is 17.8 Å². The van der Waals surface area contributed by atoms with Crippen LogP contribution in [-0.4, -0.2) is 19.0 Å². The highest BCUT2D eigenvalue weighted by atomic mass is 16.5. The molecule has 2 aromatic rings. The quantitative estimate of drug-likeness (QED) is 0.671. The first-order valence-corrected chi connectivity index (χ1v) is 9.87. The number of carbonyl (C=O) groups excluding carboxylic acids is 2. The Morgan fingerprint density at radius 1 is 1.03 bits per heavy atom. The number of nitrogens with zero attached hydrogens (tertiary/aromatic N) is 1. The zero-order valence-corrected chi connectivity index (χ0v) is 18.0. The summed E-state index contributed by atoms with van der Waals surface area (Å²) in [5.74, 6) is -0.688. The number of allylic oxidation sites excluding steroid dienone is 1. The second-order valence-corrected chi connectivity index (χ2v) is 8.81. The number of methoxy groups -OCH3 is 1. The molecule has 1 atom stereocenters. The molecule has 3 rings (SSSR count). The molecule has 152 valence electrons. The van der Waals surface area contributed by atoms with E-state index in [0.717, 1.165) is 22.5 Å². The van der Waals surface area contributed by atoms with E-state index in [1.807, 2.05) is 89.2 Å². The Morgan fingerprint density at radius 3 is 2.17 bits per heavy atom. The van der Waals surface area contributed by atoms with Crippen molar-refractivity contribution in [3.63, 3.8) is 0 Å². The van der Waals surface area contributed by atoms with E-state index in [0.29, 0.717) is 0 Å². The molecule has 4 heteroatoms. The smallest absolute Gasteiger partial charge is 0.311 e. The lowest BCUT2D eigenvalue weighted by atomic mass is 9.62. The summed E-state index contributed by atoms with van der Waals surface area (Å²) in [7, 11) is 1.39. The second kappa shape index (κ2) is 7.51. The number of rotatable bonds is 4. The molecular formula is C25H29NO3. The maximum atomic E-state index is 13.8. The van der Waals surface area contributed by atoms with Gasteiger partial charge in [0, 0.05) is 11.6 Å². The SMILES string of the molecule is COC(=O)C(C)(C)C1C=C(c2ccccc2)N(c2ccc(C)cc2)C(=O)C1(C)C. The van der Waals surface area contributed by atoms with Crippen LogP contribution in [-0.2, 0) is 14.3 Å². The minimum absolute atomic E-state index is 0.0373. The maximum Gasteiger partial charge on any atom is 0.311 e. The third-order valence-electron chi connectivity index (χ3n) is 5.95. The summed E-state index contributed by atoms with van der Waals surface area (Å²) in [5, 5.41) is 0. The Balaban J connectivity index is 2.25. The molecule has 4 nitrogen and oxygen atoms in total. The van der Waals surface area contributed by atoms with Gasteiger partial charge in [-0.05, 0) is 38.5 Å². The molecule has 29 heavy (non-hydrogen) atoms. The number of carbonyl (C=O) groups is 2. The number of anilines is 1. The highest BCUT2D eigenvalue weighted by Gasteiger charge is 2.53. The van der Waals surface area contributed by atoms with Crippen molar-refractivity contribution >= 4 is 23.3 Å². The zero-order chi connectivity index (χ0) is 21.4. The Kier molecular flexibility index (Phi) is 5.40. The number of esters is 1. The standard InChI is InChI=1S/C25H29NO3/c1-17-12-14-19(15-13-17)26-20(18-10-8-7-9-11-18)16-21(24(2,3)22(26)27)25(4,5)23(28)29-6/h7-16,21H,1-6H3. The largest absolute Gasteiger partial charge is 0.469 e. The van der Waals surface area contributed by atoms with Crippen LogP contribution in [0.3, 0.4) is 0 Å². The van der Waals surface area contributed by atoms with Crippen LogP contribution in [0, 0.1) is 23.7 Å². The van der Waals surface area contributed by atoms with Gasteiger partial charge in [-0.1, -0.05) is 68.0 Å². The van der Waals surface area contributed by atoms with E-state index >= 15 is 0 Å². The molecule has 1 aliphatic rings. The molecule has 0 N–H and O–H groups in total. The van der Waals surface area contributed by atoms with Gasteiger partial charge in [-0.3, -0.25) is 14.5 Å². The van der Waals surface area contributed by atoms with Crippen molar-refractivity contribution < 1.29 is 14.3 Å². The Bertz CT molecular complexity index is 940. The van der Waals surface area contributed by atoms with E-state index in [1.165, 1.54) is 7.11 Å². The van der Waals surface area contributed by atoms with Crippen molar-refractivity contribution in [1.29, 1.82) is 0 Å². The van der Waals surface area contributed by atoms with Crippen molar-refractivity contribution in [2.24, 2.45) is 16.7 Å². The van der Waals surface area contributed by atoms with Crippen molar-refractivity contribution in [1.82, 2.24) is 0 Å². The van der Waals surface area contributed by atoms with Gasteiger partial charge in [0.1, 0.15) is 0 Å². The van der Waals surface area contributed by atoms with Crippen molar-refractivity contribution in [2.45, 2.75) is 34.6 Å². The minimum atomic E-state index is -0.854. The van der Waals surface area contributed by atoms with E-state index in [1.54, 1.807) is 4.90 Å². The molecule has 0 radical (unpaired) electrons. The number of benzene rings is 2. The van der Waals surface area contributed by atoms with E-state index in [9.17, 15) is 9.59 Å². The molecule has 1 amide bonds. The van der Waals surface area contributed by atoms with Gasteiger partial charge in [-0.15, -0.1) is 0 Å². The molecule has 1 aliphatic heterocycles. The number of ether oxygens (including phenoxy) is 1. The number of aryl methyl sites for hydroxylation is 1. The Hall–Kier alpha value is -2.88. The fraction of sp³-hybridized carbons (Fsp3) is 0.360. The average Bonchev–Trinajstić information content (AvgIpc) is 2.70. The summed E-state index contributed by atoms with van der Waals surface area (Å²) in [6.07, 6.45) is 2.06. The van der Waals surface area contributed by atoms with E-state index in [4.69, 9.17) is 4.74 Å². The molecule has 0 aromatic heterocycles. The molecule has 0 spiro atoms. The van der Waals surface area contributed by atoms with Gasteiger partial charge in [0.15, 0.2) is 0 Å².